The Balaban J connectivity index is 2.29. The fourth-order valence-electron chi connectivity index (χ4n) is 1.55. The Morgan fingerprint density at radius 1 is 1.17 bits per heavy atom. The van der Waals surface area contributed by atoms with Crippen LogP contribution in [0.3, 0.4) is 0 Å². The second-order valence-electron chi connectivity index (χ2n) is 4.30. The third-order valence-corrected chi connectivity index (χ3v) is 2.55. The van der Waals surface area contributed by atoms with E-state index in [1.165, 1.54) is 10.7 Å². The van der Waals surface area contributed by atoms with Gasteiger partial charge in [0, 0.05) is 18.8 Å². The molecule has 0 spiro atoms. The first-order chi connectivity index (χ1) is 8.66. The van der Waals surface area contributed by atoms with Crippen LogP contribution in [-0.2, 0) is 6.54 Å². The van der Waals surface area contributed by atoms with Crippen LogP contribution in [-0.4, -0.2) is 40.3 Å². The van der Waals surface area contributed by atoms with E-state index in [9.17, 15) is 4.79 Å². The monoisotopic (exact) mass is 244 g/mol. The van der Waals surface area contributed by atoms with Crippen molar-refractivity contribution < 1.29 is 0 Å². The third-order valence-electron chi connectivity index (χ3n) is 2.55. The highest BCUT2D eigenvalue weighted by Crippen LogP contribution is 2.10. The SMILES string of the molecule is CN(C)CCn1nc(-c2ccccn2)ccc1=O. The topological polar surface area (TPSA) is 51.0 Å². The van der Waals surface area contributed by atoms with Gasteiger partial charge in [-0.2, -0.15) is 5.10 Å². The van der Waals surface area contributed by atoms with Gasteiger partial charge >= 0.3 is 0 Å². The Bertz CT molecular complexity index is 563. The van der Waals surface area contributed by atoms with Gasteiger partial charge in [0.25, 0.3) is 5.56 Å². The molecule has 18 heavy (non-hydrogen) atoms. The van der Waals surface area contributed by atoms with E-state index in [4.69, 9.17) is 0 Å². The summed E-state index contributed by atoms with van der Waals surface area (Å²) in [6, 6.07) is 8.87. The standard InChI is InChI=1S/C13H16N4O/c1-16(2)9-10-17-13(18)7-6-12(15-17)11-5-3-4-8-14-11/h3-8H,9-10H2,1-2H3. The van der Waals surface area contributed by atoms with Crippen molar-refractivity contribution in [2.24, 2.45) is 0 Å². The Kier molecular flexibility index (Phi) is 3.84. The molecule has 0 N–H and O–H groups in total. The molecule has 0 saturated heterocycles. The van der Waals surface area contributed by atoms with Gasteiger partial charge < -0.3 is 4.90 Å². The van der Waals surface area contributed by atoms with Crippen molar-refractivity contribution in [3.63, 3.8) is 0 Å². The van der Waals surface area contributed by atoms with Crippen LogP contribution in [0, 0.1) is 0 Å². The summed E-state index contributed by atoms with van der Waals surface area (Å²) in [5, 5.41) is 4.33. The Morgan fingerprint density at radius 2 is 2.00 bits per heavy atom. The summed E-state index contributed by atoms with van der Waals surface area (Å²) in [6.45, 7) is 1.35. The molecule has 0 saturated carbocycles. The molecule has 2 aromatic rings. The highest BCUT2D eigenvalue weighted by Gasteiger charge is 2.04. The number of likely N-dealkylation sites (N-methyl/N-ethyl adjacent to an activating group) is 1. The number of aromatic nitrogens is 3. The summed E-state index contributed by atoms with van der Waals surface area (Å²) in [7, 11) is 3.93. The van der Waals surface area contributed by atoms with Crippen LogP contribution in [0.15, 0.2) is 41.3 Å². The normalized spacial score (nSPS) is 10.8. The maximum absolute atomic E-state index is 11.7. The molecule has 94 valence electrons. The van der Waals surface area contributed by atoms with Crippen LogP contribution in [0.2, 0.25) is 0 Å². The van der Waals surface area contributed by atoms with Crippen LogP contribution in [0.5, 0.6) is 0 Å². The zero-order chi connectivity index (χ0) is 13.0. The summed E-state index contributed by atoms with van der Waals surface area (Å²) >= 11 is 0. The van der Waals surface area contributed by atoms with Crippen molar-refractivity contribution in [1.29, 1.82) is 0 Å². The average molecular weight is 244 g/mol. The number of hydrogen-bond donors (Lipinski definition) is 0. The molecule has 2 heterocycles. The van der Waals surface area contributed by atoms with E-state index in [1.54, 1.807) is 12.3 Å². The number of nitrogens with zero attached hydrogens (tertiary/aromatic N) is 4. The van der Waals surface area contributed by atoms with Crippen molar-refractivity contribution in [3.05, 3.63) is 46.9 Å². The van der Waals surface area contributed by atoms with Crippen LogP contribution < -0.4 is 5.56 Å². The van der Waals surface area contributed by atoms with Gasteiger partial charge in [-0.05, 0) is 32.3 Å². The lowest BCUT2D eigenvalue weighted by Gasteiger charge is -2.11. The first kappa shape index (κ1) is 12.4. The molecule has 0 aliphatic rings. The summed E-state index contributed by atoms with van der Waals surface area (Å²) in [5.41, 5.74) is 1.40. The molecule has 0 radical (unpaired) electrons. The van der Waals surface area contributed by atoms with Gasteiger partial charge in [0.1, 0.15) is 5.69 Å². The quantitative estimate of drug-likeness (QED) is 0.800. The molecule has 2 aromatic heterocycles. The molecule has 0 bridgehead atoms. The smallest absolute Gasteiger partial charge is 0.266 e. The summed E-state index contributed by atoms with van der Waals surface area (Å²) in [6.07, 6.45) is 1.71. The molecule has 0 unspecified atom stereocenters. The number of pyridine rings is 1. The van der Waals surface area contributed by atoms with Gasteiger partial charge in [0.2, 0.25) is 0 Å². The number of hydrogen-bond acceptors (Lipinski definition) is 4. The summed E-state index contributed by atoms with van der Waals surface area (Å²) in [4.78, 5) is 17.9. The van der Waals surface area contributed by atoms with E-state index in [-0.39, 0.29) is 5.56 Å². The predicted octanol–water partition coefficient (Wildman–Crippen LogP) is 0.867. The van der Waals surface area contributed by atoms with Gasteiger partial charge in [-0.3, -0.25) is 9.78 Å². The van der Waals surface area contributed by atoms with Crippen molar-refractivity contribution in [2.45, 2.75) is 6.54 Å². The van der Waals surface area contributed by atoms with E-state index in [2.05, 4.69) is 10.1 Å². The lowest BCUT2D eigenvalue weighted by Crippen LogP contribution is -2.28. The minimum Gasteiger partial charge on any atom is -0.308 e. The fourth-order valence-corrected chi connectivity index (χ4v) is 1.55. The minimum absolute atomic E-state index is 0.0865. The van der Waals surface area contributed by atoms with E-state index in [0.717, 1.165) is 12.2 Å². The number of rotatable bonds is 4. The zero-order valence-electron chi connectivity index (χ0n) is 10.6. The first-order valence-corrected chi connectivity index (χ1v) is 5.81. The van der Waals surface area contributed by atoms with Gasteiger partial charge in [0.05, 0.1) is 12.2 Å². The molecule has 0 aromatic carbocycles. The lowest BCUT2D eigenvalue weighted by atomic mass is 10.2. The van der Waals surface area contributed by atoms with Crippen LogP contribution in [0.4, 0.5) is 0 Å². The molecule has 0 aliphatic carbocycles. The predicted molar refractivity (Wildman–Crippen MR) is 70.3 cm³/mol. The van der Waals surface area contributed by atoms with Gasteiger partial charge in [0.15, 0.2) is 0 Å². The van der Waals surface area contributed by atoms with Crippen molar-refractivity contribution in [3.8, 4) is 11.4 Å². The van der Waals surface area contributed by atoms with Gasteiger partial charge in [-0.25, -0.2) is 4.68 Å². The van der Waals surface area contributed by atoms with Crippen LogP contribution in [0.1, 0.15) is 0 Å². The maximum atomic E-state index is 11.7. The highest BCUT2D eigenvalue weighted by molar-refractivity contribution is 5.52. The molecule has 2 rings (SSSR count). The maximum Gasteiger partial charge on any atom is 0.266 e. The minimum atomic E-state index is -0.0865. The van der Waals surface area contributed by atoms with Crippen molar-refractivity contribution in [2.75, 3.05) is 20.6 Å². The van der Waals surface area contributed by atoms with E-state index in [0.29, 0.717) is 12.2 Å². The van der Waals surface area contributed by atoms with E-state index in [1.807, 2.05) is 37.2 Å². The van der Waals surface area contributed by atoms with E-state index < -0.39 is 0 Å². The van der Waals surface area contributed by atoms with E-state index >= 15 is 0 Å². The fraction of sp³-hybridized carbons (Fsp3) is 0.308. The zero-order valence-corrected chi connectivity index (χ0v) is 10.6. The van der Waals surface area contributed by atoms with Crippen LogP contribution >= 0.6 is 0 Å². The highest BCUT2D eigenvalue weighted by atomic mass is 16.1. The molecular weight excluding hydrogens is 228 g/mol. The van der Waals surface area contributed by atoms with Crippen molar-refractivity contribution in [1.82, 2.24) is 19.7 Å². The molecule has 0 amide bonds. The van der Waals surface area contributed by atoms with Crippen LogP contribution in [0.25, 0.3) is 11.4 Å². The second kappa shape index (κ2) is 5.55. The lowest BCUT2D eigenvalue weighted by molar-refractivity contribution is 0.368. The van der Waals surface area contributed by atoms with Gasteiger partial charge in [-0.15, -0.1) is 0 Å². The van der Waals surface area contributed by atoms with Crippen molar-refractivity contribution >= 4 is 0 Å². The first-order valence-electron chi connectivity index (χ1n) is 5.81. The Hall–Kier alpha value is -2.01. The molecule has 0 fully saturated rings. The molecule has 0 atom stereocenters. The molecule has 0 aliphatic heterocycles. The molecular formula is C13H16N4O. The Morgan fingerprint density at radius 3 is 2.67 bits per heavy atom. The largest absolute Gasteiger partial charge is 0.308 e. The average Bonchev–Trinajstić information content (AvgIpc) is 2.38. The second-order valence-corrected chi connectivity index (χ2v) is 4.30. The Labute approximate surface area is 106 Å². The van der Waals surface area contributed by atoms with Gasteiger partial charge in [-0.1, -0.05) is 6.07 Å². The summed E-state index contributed by atoms with van der Waals surface area (Å²) < 4.78 is 1.48. The molecule has 5 nitrogen and oxygen atoms in total. The molecule has 5 heteroatoms. The summed E-state index contributed by atoms with van der Waals surface area (Å²) in [5.74, 6) is 0. The third kappa shape index (κ3) is 3.01.